The van der Waals surface area contributed by atoms with Crippen LogP contribution in [0, 0.1) is 5.92 Å². The summed E-state index contributed by atoms with van der Waals surface area (Å²) in [5.41, 5.74) is -1.34. The van der Waals surface area contributed by atoms with Crippen molar-refractivity contribution >= 4 is 7.12 Å². The molecule has 1 heterocycles. The number of hydrogen-bond acceptors (Lipinski definition) is 2. The molecule has 0 atom stereocenters. The minimum absolute atomic E-state index is 0.105. The number of allylic oxidation sites excluding steroid dienone is 1. The molecule has 1 aliphatic heterocycles. The lowest BCUT2D eigenvalue weighted by Crippen LogP contribution is -2.41. The minimum atomic E-state index is -2.38. The first kappa shape index (κ1) is 13.9. The van der Waals surface area contributed by atoms with Crippen molar-refractivity contribution in [1.29, 1.82) is 0 Å². The van der Waals surface area contributed by atoms with Gasteiger partial charge in [0.2, 0.25) is 6.43 Å². The number of halogens is 3. The quantitative estimate of drug-likeness (QED) is 0.709. The van der Waals surface area contributed by atoms with Gasteiger partial charge in [0, 0.05) is 5.92 Å². The highest BCUT2D eigenvalue weighted by Gasteiger charge is 2.54. The minimum Gasteiger partial charge on any atom is -0.398 e. The third-order valence-electron chi connectivity index (χ3n) is 4.17. The molecular formula is C12H18BF3O2. The fraction of sp³-hybridized carbons (Fsp3) is 0.833. The van der Waals surface area contributed by atoms with Crippen LogP contribution in [-0.2, 0) is 9.31 Å². The second-order valence-corrected chi connectivity index (χ2v) is 6.04. The number of alkyl halides is 2. The average molecular weight is 262 g/mol. The van der Waals surface area contributed by atoms with E-state index in [1.165, 1.54) is 0 Å². The molecule has 0 spiro atoms. The SMILES string of the molecule is CC1(C)OB(C(F)=C2CC(C(F)F)C2)OC1(C)C. The summed E-state index contributed by atoms with van der Waals surface area (Å²) >= 11 is 0. The summed E-state index contributed by atoms with van der Waals surface area (Å²) in [6.07, 6.45) is -2.17. The van der Waals surface area contributed by atoms with Crippen LogP contribution in [0.5, 0.6) is 0 Å². The van der Waals surface area contributed by atoms with E-state index < -0.39 is 36.4 Å². The van der Waals surface area contributed by atoms with E-state index in [1.54, 1.807) is 0 Å². The Kier molecular flexibility index (Phi) is 3.31. The molecule has 2 nitrogen and oxygen atoms in total. The lowest BCUT2D eigenvalue weighted by atomic mass is 9.72. The molecule has 0 aromatic carbocycles. The monoisotopic (exact) mass is 262 g/mol. The van der Waals surface area contributed by atoms with Crippen LogP contribution in [-0.4, -0.2) is 24.7 Å². The fourth-order valence-corrected chi connectivity index (χ4v) is 2.06. The van der Waals surface area contributed by atoms with Gasteiger partial charge in [-0.05, 0) is 46.1 Å². The highest BCUT2D eigenvalue weighted by Crippen LogP contribution is 2.44. The Morgan fingerprint density at radius 2 is 1.61 bits per heavy atom. The van der Waals surface area contributed by atoms with Crippen LogP contribution in [0.4, 0.5) is 13.2 Å². The van der Waals surface area contributed by atoms with E-state index in [1.807, 2.05) is 27.7 Å². The van der Waals surface area contributed by atoms with Crippen molar-refractivity contribution in [1.82, 2.24) is 0 Å². The Morgan fingerprint density at radius 3 is 2.00 bits per heavy atom. The second-order valence-electron chi connectivity index (χ2n) is 6.04. The molecular weight excluding hydrogens is 244 g/mol. The van der Waals surface area contributed by atoms with Gasteiger partial charge >= 0.3 is 7.12 Å². The molecule has 1 saturated heterocycles. The van der Waals surface area contributed by atoms with Gasteiger partial charge in [0.15, 0.2) is 0 Å². The van der Waals surface area contributed by atoms with Crippen LogP contribution in [0.2, 0.25) is 0 Å². The Hall–Kier alpha value is -0.485. The molecule has 102 valence electrons. The summed E-state index contributed by atoms with van der Waals surface area (Å²) in [6, 6.07) is 0. The lowest BCUT2D eigenvalue weighted by Gasteiger charge is -2.32. The van der Waals surface area contributed by atoms with Gasteiger partial charge in [0.25, 0.3) is 0 Å². The number of rotatable bonds is 2. The summed E-state index contributed by atoms with van der Waals surface area (Å²) in [6.45, 7) is 7.31. The van der Waals surface area contributed by atoms with E-state index in [9.17, 15) is 13.2 Å². The topological polar surface area (TPSA) is 18.5 Å². The van der Waals surface area contributed by atoms with Gasteiger partial charge in [0.1, 0.15) is 5.73 Å². The fourth-order valence-electron chi connectivity index (χ4n) is 2.06. The van der Waals surface area contributed by atoms with Gasteiger partial charge in [-0.3, -0.25) is 0 Å². The van der Waals surface area contributed by atoms with Crippen LogP contribution in [0.25, 0.3) is 0 Å². The van der Waals surface area contributed by atoms with Crippen molar-refractivity contribution in [3.63, 3.8) is 0 Å². The molecule has 2 fully saturated rings. The predicted octanol–water partition coefficient (Wildman–Crippen LogP) is 3.52. The summed E-state index contributed by atoms with van der Waals surface area (Å²) in [7, 11) is -1.05. The number of hydrogen-bond donors (Lipinski definition) is 0. The normalized spacial score (nSPS) is 29.7. The molecule has 1 aliphatic carbocycles. The first-order valence-electron chi connectivity index (χ1n) is 6.15. The van der Waals surface area contributed by atoms with Crippen molar-refractivity contribution in [2.75, 3.05) is 0 Å². The van der Waals surface area contributed by atoms with E-state index in [-0.39, 0.29) is 12.8 Å². The first-order chi connectivity index (χ1) is 8.14. The van der Waals surface area contributed by atoms with E-state index >= 15 is 0 Å². The van der Waals surface area contributed by atoms with E-state index in [4.69, 9.17) is 9.31 Å². The Morgan fingerprint density at radius 1 is 1.17 bits per heavy atom. The maximum Gasteiger partial charge on any atom is 0.525 e. The Balaban J connectivity index is 2.05. The molecule has 6 heteroatoms. The first-order valence-corrected chi connectivity index (χ1v) is 6.15. The molecule has 0 N–H and O–H groups in total. The lowest BCUT2D eigenvalue weighted by molar-refractivity contribution is 0.00578. The largest absolute Gasteiger partial charge is 0.525 e. The zero-order valence-electron chi connectivity index (χ0n) is 11.1. The smallest absolute Gasteiger partial charge is 0.398 e. The molecule has 18 heavy (non-hydrogen) atoms. The maximum absolute atomic E-state index is 14.1. The van der Waals surface area contributed by atoms with E-state index in [2.05, 4.69) is 0 Å². The van der Waals surface area contributed by atoms with Gasteiger partial charge in [-0.2, -0.15) is 0 Å². The van der Waals surface area contributed by atoms with E-state index in [0.29, 0.717) is 5.57 Å². The van der Waals surface area contributed by atoms with Gasteiger partial charge in [0.05, 0.1) is 11.2 Å². The highest BCUT2D eigenvalue weighted by atomic mass is 19.3. The third-order valence-corrected chi connectivity index (χ3v) is 4.17. The van der Waals surface area contributed by atoms with Crippen LogP contribution in [0.1, 0.15) is 40.5 Å². The zero-order chi connectivity index (χ0) is 13.7. The van der Waals surface area contributed by atoms with Crippen LogP contribution >= 0.6 is 0 Å². The predicted molar refractivity (Wildman–Crippen MR) is 62.9 cm³/mol. The molecule has 0 unspecified atom stereocenters. The van der Waals surface area contributed by atoms with Crippen molar-refractivity contribution in [2.45, 2.75) is 58.2 Å². The summed E-state index contributed by atoms with van der Waals surface area (Å²) < 4.78 is 49.8. The molecule has 0 aromatic rings. The van der Waals surface area contributed by atoms with Gasteiger partial charge in [-0.15, -0.1) is 0 Å². The van der Waals surface area contributed by atoms with Crippen molar-refractivity contribution in [3.05, 3.63) is 11.3 Å². The summed E-state index contributed by atoms with van der Waals surface area (Å²) in [4.78, 5) is 0. The molecule has 0 aromatic heterocycles. The van der Waals surface area contributed by atoms with Gasteiger partial charge < -0.3 is 9.31 Å². The maximum atomic E-state index is 14.1. The van der Waals surface area contributed by atoms with Crippen molar-refractivity contribution in [2.24, 2.45) is 5.92 Å². The van der Waals surface area contributed by atoms with Crippen molar-refractivity contribution in [3.8, 4) is 0 Å². The molecule has 1 saturated carbocycles. The Labute approximate surface area is 106 Å². The van der Waals surface area contributed by atoms with Crippen LogP contribution in [0.3, 0.4) is 0 Å². The van der Waals surface area contributed by atoms with Crippen LogP contribution in [0.15, 0.2) is 11.3 Å². The van der Waals surface area contributed by atoms with E-state index in [0.717, 1.165) is 0 Å². The molecule has 2 aliphatic rings. The van der Waals surface area contributed by atoms with Crippen molar-refractivity contribution < 1.29 is 22.5 Å². The molecule has 0 amide bonds. The summed E-state index contributed by atoms with van der Waals surface area (Å²) in [5.74, 6) is -0.715. The summed E-state index contributed by atoms with van der Waals surface area (Å²) in [5, 5.41) is 0. The zero-order valence-corrected chi connectivity index (χ0v) is 11.1. The average Bonchev–Trinajstić information content (AvgIpc) is 2.32. The molecule has 0 bridgehead atoms. The van der Waals surface area contributed by atoms with Gasteiger partial charge in [-0.25, -0.2) is 13.2 Å². The third kappa shape index (κ3) is 2.20. The van der Waals surface area contributed by atoms with Crippen LogP contribution < -0.4 is 0 Å². The molecule has 2 rings (SSSR count). The highest BCUT2D eigenvalue weighted by molar-refractivity contribution is 6.53. The molecule has 0 radical (unpaired) electrons. The second kappa shape index (κ2) is 4.27. The van der Waals surface area contributed by atoms with Gasteiger partial charge in [-0.1, -0.05) is 0 Å². The Bertz CT molecular complexity index is 356. The standard InChI is InChI=1S/C12H18BF3O2/c1-11(2)12(3,4)18-13(17-11)9(14)7-5-8(6-7)10(15)16/h8,10H,5-6H2,1-4H3.